The Morgan fingerprint density at radius 3 is 2.73 bits per heavy atom. The molecule has 4 rings (SSSR count). The number of nitrogens with one attached hydrogen (secondary N) is 1. The van der Waals surface area contributed by atoms with Gasteiger partial charge in [-0.3, -0.25) is 14.1 Å². The average molecular weight is 482 g/mol. The molecule has 0 aliphatic heterocycles. The topological polar surface area (TPSA) is 90.3 Å². The number of thiazole rings is 1. The summed E-state index contributed by atoms with van der Waals surface area (Å²) in [5, 5.41) is 3.31. The maximum Gasteiger partial charge on any atom is 0.268 e. The van der Waals surface area contributed by atoms with E-state index in [0.29, 0.717) is 26.7 Å². The van der Waals surface area contributed by atoms with E-state index in [0.717, 1.165) is 0 Å². The van der Waals surface area contributed by atoms with Gasteiger partial charge in [-0.25, -0.2) is 13.4 Å². The van der Waals surface area contributed by atoms with Crippen LogP contribution in [0.25, 0.3) is 10.9 Å². The van der Waals surface area contributed by atoms with Crippen LogP contribution in [0.1, 0.15) is 4.79 Å². The highest BCUT2D eigenvalue weighted by Crippen LogP contribution is 2.28. The zero-order chi connectivity index (χ0) is 21.3. The van der Waals surface area contributed by atoms with Crippen LogP contribution < -0.4 is 9.46 Å². The molecule has 154 valence electrons. The van der Waals surface area contributed by atoms with Crippen molar-refractivity contribution in [3.63, 3.8) is 0 Å². The van der Waals surface area contributed by atoms with E-state index in [1.807, 2.05) is 0 Å². The summed E-state index contributed by atoms with van der Waals surface area (Å²) in [6.45, 7) is -0.253. The summed E-state index contributed by atoms with van der Waals surface area (Å²) in [4.78, 5) is 16.6. The Hall–Kier alpha value is -2.59. The molecule has 7 nitrogen and oxygen atoms in total. The van der Waals surface area contributed by atoms with Gasteiger partial charge < -0.3 is 4.74 Å². The number of halogens is 2. The molecule has 0 saturated carbocycles. The van der Waals surface area contributed by atoms with Gasteiger partial charge in [0, 0.05) is 28.2 Å². The number of hydrogen-bond donors (Lipinski definition) is 1. The molecular formula is C19H13Cl2N3O4S2. The van der Waals surface area contributed by atoms with Crippen LogP contribution in [0, 0.1) is 0 Å². The highest BCUT2D eigenvalue weighted by molar-refractivity contribution is 7.93. The van der Waals surface area contributed by atoms with Crippen LogP contribution >= 0.6 is 34.5 Å². The molecule has 2 heterocycles. The number of carbonyl (C=O) groups is 1. The van der Waals surface area contributed by atoms with Crippen molar-refractivity contribution in [3.8, 4) is 5.75 Å². The monoisotopic (exact) mass is 481 g/mol. The molecule has 2 aromatic carbocycles. The van der Waals surface area contributed by atoms with Gasteiger partial charge in [0.15, 0.2) is 11.7 Å². The minimum Gasteiger partial charge on any atom is -0.482 e. The molecular weight excluding hydrogens is 469 g/mol. The van der Waals surface area contributed by atoms with E-state index in [1.165, 1.54) is 40.3 Å². The van der Waals surface area contributed by atoms with Gasteiger partial charge in [-0.1, -0.05) is 23.2 Å². The van der Waals surface area contributed by atoms with Crippen molar-refractivity contribution < 1.29 is 17.9 Å². The molecule has 0 atom stereocenters. The van der Waals surface area contributed by atoms with E-state index in [2.05, 4.69) is 9.71 Å². The molecule has 0 fully saturated rings. The molecule has 0 aliphatic rings. The maximum absolute atomic E-state index is 12.6. The Labute approximate surface area is 185 Å². The first-order valence-electron chi connectivity index (χ1n) is 8.48. The van der Waals surface area contributed by atoms with Crippen molar-refractivity contribution in [1.29, 1.82) is 0 Å². The summed E-state index contributed by atoms with van der Waals surface area (Å²) in [7, 11) is -3.79. The minimum absolute atomic E-state index is 0.0691. The Morgan fingerprint density at radius 2 is 2.00 bits per heavy atom. The molecule has 0 amide bonds. The van der Waals surface area contributed by atoms with Crippen LogP contribution in [0.4, 0.5) is 5.13 Å². The second-order valence-electron chi connectivity index (χ2n) is 6.11. The number of aromatic nitrogens is 2. The molecule has 0 aliphatic carbocycles. The van der Waals surface area contributed by atoms with Crippen LogP contribution in [0.3, 0.4) is 0 Å². The molecule has 0 bridgehead atoms. The largest absolute Gasteiger partial charge is 0.482 e. The number of rotatable bonds is 6. The summed E-state index contributed by atoms with van der Waals surface area (Å²) in [6, 6.07) is 10.9. The number of fused-ring (bicyclic) bond motifs is 1. The molecule has 2 aromatic heterocycles. The first-order chi connectivity index (χ1) is 14.3. The molecule has 0 unspecified atom stereocenters. The summed E-state index contributed by atoms with van der Waals surface area (Å²) >= 11 is 13.1. The predicted octanol–water partition coefficient (Wildman–Crippen LogP) is 4.92. The predicted molar refractivity (Wildman–Crippen MR) is 117 cm³/mol. The smallest absolute Gasteiger partial charge is 0.268 e. The lowest BCUT2D eigenvalue weighted by Crippen LogP contribution is -2.18. The van der Waals surface area contributed by atoms with E-state index < -0.39 is 10.0 Å². The first kappa shape index (κ1) is 20.7. The Morgan fingerprint density at radius 1 is 1.17 bits per heavy atom. The van der Waals surface area contributed by atoms with Crippen LogP contribution in [-0.2, 0) is 10.0 Å². The van der Waals surface area contributed by atoms with Crippen LogP contribution in [0.5, 0.6) is 5.75 Å². The third-order valence-electron chi connectivity index (χ3n) is 4.14. The van der Waals surface area contributed by atoms with Crippen molar-refractivity contribution in [3.05, 3.63) is 70.3 Å². The third-order valence-corrected chi connectivity index (χ3v) is 6.82. The summed E-state index contributed by atoms with van der Waals surface area (Å²) in [6.07, 6.45) is 3.07. The Bertz CT molecular complexity index is 1340. The van der Waals surface area contributed by atoms with Gasteiger partial charge in [-0.05, 0) is 42.5 Å². The second-order valence-corrected chi connectivity index (χ2v) is 9.53. The standard InChI is InChI=1S/C19H13Cl2N3O4S2/c20-13-1-4-17(15(21)10-13)28-11-18(25)24-7-5-12-9-14(2-3-16(12)24)30(26,27)23-19-22-6-8-29-19/h1-10H,11H2,(H,22,23). The van der Waals surface area contributed by atoms with Gasteiger partial charge in [0.25, 0.3) is 15.9 Å². The number of benzene rings is 2. The average Bonchev–Trinajstić information content (AvgIpc) is 3.35. The number of nitrogens with zero attached hydrogens (tertiary/aromatic N) is 2. The van der Waals surface area contributed by atoms with Crippen molar-refractivity contribution in [2.45, 2.75) is 4.90 Å². The van der Waals surface area contributed by atoms with Gasteiger partial charge in [0.1, 0.15) is 5.75 Å². The van der Waals surface area contributed by atoms with Gasteiger partial charge in [0.05, 0.1) is 15.4 Å². The van der Waals surface area contributed by atoms with Gasteiger partial charge in [-0.2, -0.15) is 0 Å². The van der Waals surface area contributed by atoms with E-state index in [4.69, 9.17) is 27.9 Å². The Kier molecular flexibility index (Phi) is 5.70. The molecule has 4 aromatic rings. The van der Waals surface area contributed by atoms with Crippen molar-refractivity contribution in [2.24, 2.45) is 0 Å². The lowest BCUT2D eigenvalue weighted by atomic mass is 10.2. The SMILES string of the molecule is O=C(COc1ccc(Cl)cc1Cl)n1ccc2cc(S(=O)(=O)Nc3nccs3)ccc21. The van der Waals surface area contributed by atoms with Crippen LogP contribution in [0.15, 0.2) is 65.1 Å². The fraction of sp³-hybridized carbons (Fsp3) is 0.0526. The molecule has 30 heavy (non-hydrogen) atoms. The van der Waals surface area contributed by atoms with Gasteiger partial charge >= 0.3 is 0 Å². The highest BCUT2D eigenvalue weighted by Gasteiger charge is 2.18. The quantitative estimate of drug-likeness (QED) is 0.421. The lowest BCUT2D eigenvalue weighted by molar-refractivity contribution is 0.0843. The first-order valence-corrected chi connectivity index (χ1v) is 11.6. The van der Waals surface area contributed by atoms with E-state index in [1.54, 1.807) is 35.8 Å². The summed E-state index contributed by atoms with van der Waals surface area (Å²) in [5.74, 6) is 0.0000493. The second kappa shape index (κ2) is 8.27. The molecule has 0 radical (unpaired) electrons. The van der Waals surface area contributed by atoms with E-state index in [-0.39, 0.29) is 22.5 Å². The zero-order valence-electron chi connectivity index (χ0n) is 15.1. The number of anilines is 1. The molecule has 0 saturated heterocycles. The van der Waals surface area contributed by atoms with E-state index in [9.17, 15) is 13.2 Å². The number of carbonyl (C=O) groups excluding carboxylic acids is 1. The summed E-state index contributed by atoms with van der Waals surface area (Å²) in [5.41, 5.74) is 0.555. The van der Waals surface area contributed by atoms with Gasteiger partial charge in [0.2, 0.25) is 0 Å². The number of hydrogen-bond acceptors (Lipinski definition) is 6. The van der Waals surface area contributed by atoms with Crippen molar-refractivity contribution in [2.75, 3.05) is 11.3 Å². The number of sulfonamides is 1. The maximum atomic E-state index is 12.6. The third kappa shape index (κ3) is 4.29. The molecule has 11 heteroatoms. The van der Waals surface area contributed by atoms with Crippen molar-refractivity contribution in [1.82, 2.24) is 9.55 Å². The van der Waals surface area contributed by atoms with Crippen molar-refractivity contribution >= 4 is 66.5 Å². The van der Waals surface area contributed by atoms with Gasteiger partial charge in [-0.15, -0.1) is 11.3 Å². The number of ether oxygens (including phenoxy) is 1. The van der Waals surface area contributed by atoms with E-state index >= 15 is 0 Å². The summed E-state index contributed by atoms with van der Waals surface area (Å²) < 4.78 is 34.4. The van der Waals surface area contributed by atoms with Crippen LogP contribution in [0.2, 0.25) is 10.0 Å². The highest BCUT2D eigenvalue weighted by atomic mass is 35.5. The molecule has 0 spiro atoms. The molecule has 1 N–H and O–H groups in total. The zero-order valence-corrected chi connectivity index (χ0v) is 18.2. The van der Waals surface area contributed by atoms with Crippen LogP contribution in [-0.4, -0.2) is 30.5 Å². The fourth-order valence-electron chi connectivity index (χ4n) is 2.75. The normalized spacial score (nSPS) is 11.5. The fourth-order valence-corrected chi connectivity index (χ4v) is 5.04. The lowest BCUT2D eigenvalue weighted by Gasteiger charge is -2.09. The Balaban J connectivity index is 1.54. The minimum atomic E-state index is -3.79.